The molecule has 192 valence electrons. The minimum absolute atomic E-state index is 0.207. The maximum Gasteiger partial charge on any atom is 0.319 e. The van der Waals surface area contributed by atoms with Gasteiger partial charge in [0.25, 0.3) is 0 Å². The van der Waals surface area contributed by atoms with Gasteiger partial charge in [-0.3, -0.25) is 4.57 Å². The van der Waals surface area contributed by atoms with Gasteiger partial charge in [-0.2, -0.15) is 0 Å². The predicted octanol–water partition coefficient (Wildman–Crippen LogP) is 6.05. The van der Waals surface area contributed by atoms with Gasteiger partial charge in [0.2, 0.25) is 0 Å². The van der Waals surface area contributed by atoms with E-state index in [0.29, 0.717) is 6.54 Å². The lowest BCUT2D eigenvalue weighted by atomic mass is 10.0. The average Bonchev–Trinajstić information content (AvgIpc) is 3.37. The molecule has 0 aliphatic carbocycles. The summed E-state index contributed by atoms with van der Waals surface area (Å²) < 4.78 is 7.62. The number of methoxy groups -OCH3 is 1. The van der Waals surface area contributed by atoms with Crippen LogP contribution in [0.1, 0.15) is 0 Å². The molecule has 0 aliphatic rings. The van der Waals surface area contributed by atoms with E-state index >= 15 is 0 Å². The molecule has 4 aromatic carbocycles. The number of anilines is 1. The van der Waals surface area contributed by atoms with Crippen molar-refractivity contribution in [1.82, 2.24) is 19.8 Å². The zero-order valence-electron chi connectivity index (χ0n) is 21.8. The number of aromatic nitrogens is 2. The summed E-state index contributed by atoms with van der Waals surface area (Å²) in [5, 5.41) is 5.74. The number of para-hydroxylation sites is 1. The number of fused-ring (bicyclic) bond motifs is 1. The molecule has 7 heteroatoms. The highest BCUT2D eigenvalue weighted by molar-refractivity contribution is 5.90. The van der Waals surface area contributed by atoms with Crippen molar-refractivity contribution in [1.29, 1.82) is 0 Å². The van der Waals surface area contributed by atoms with Gasteiger partial charge in [-0.05, 0) is 73.3 Å². The van der Waals surface area contributed by atoms with E-state index in [1.807, 2.05) is 73.9 Å². The summed E-state index contributed by atoms with van der Waals surface area (Å²) in [6.07, 6.45) is 1.86. The van der Waals surface area contributed by atoms with Crippen LogP contribution in [0.15, 0.2) is 97.3 Å². The Morgan fingerprint density at radius 1 is 0.895 bits per heavy atom. The second-order valence-electron chi connectivity index (χ2n) is 9.33. The molecule has 0 unspecified atom stereocenters. The Bertz CT molecular complexity index is 1540. The quantitative estimate of drug-likeness (QED) is 0.269. The van der Waals surface area contributed by atoms with Crippen molar-refractivity contribution in [3.8, 4) is 33.7 Å². The van der Waals surface area contributed by atoms with Crippen LogP contribution in [-0.4, -0.2) is 54.8 Å². The van der Waals surface area contributed by atoms with E-state index in [9.17, 15) is 4.79 Å². The number of rotatable bonds is 8. The molecule has 0 aliphatic heterocycles. The first kappa shape index (κ1) is 25.0. The molecule has 0 bridgehead atoms. The van der Waals surface area contributed by atoms with Crippen LogP contribution in [0.5, 0.6) is 5.75 Å². The number of carbonyl (C=O) groups is 1. The first-order valence-electron chi connectivity index (χ1n) is 12.5. The van der Waals surface area contributed by atoms with Crippen LogP contribution in [0.4, 0.5) is 10.5 Å². The molecule has 7 nitrogen and oxygen atoms in total. The molecule has 0 atom stereocenters. The molecule has 0 saturated carbocycles. The molecule has 2 amide bonds. The number of nitrogens with zero attached hydrogens (tertiary/aromatic N) is 3. The summed E-state index contributed by atoms with van der Waals surface area (Å²) in [6.45, 7) is 1.38. The van der Waals surface area contributed by atoms with Crippen molar-refractivity contribution >= 4 is 22.8 Å². The fraction of sp³-hybridized carbons (Fsp3) is 0.161. The Labute approximate surface area is 222 Å². The number of carbonyl (C=O) groups excluding carboxylic acids is 1. The van der Waals surface area contributed by atoms with E-state index < -0.39 is 0 Å². The number of likely N-dealkylation sites (N-methyl/N-ethyl adjacent to an activating group) is 1. The Morgan fingerprint density at radius 3 is 2.34 bits per heavy atom. The fourth-order valence-corrected chi connectivity index (χ4v) is 4.39. The summed E-state index contributed by atoms with van der Waals surface area (Å²) in [4.78, 5) is 18.7. The zero-order valence-corrected chi connectivity index (χ0v) is 21.8. The van der Waals surface area contributed by atoms with Crippen molar-refractivity contribution in [3.63, 3.8) is 0 Å². The van der Waals surface area contributed by atoms with Crippen LogP contribution in [0.2, 0.25) is 0 Å². The third-order valence-corrected chi connectivity index (χ3v) is 6.43. The molecule has 1 aromatic heterocycles. The van der Waals surface area contributed by atoms with Crippen molar-refractivity contribution in [2.24, 2.45) is 0 Å². The highest BCUT2D eigenvalue weighted by atomic mass is 16.5. The Hall–Kier alpha value is -4.62. The molecule has 1 heterocycles. The van der Waals surface area contributed by atoms with Gasteiger partial charge in [-0.15, -0.1) is 0 Å². The molecule has 2 N–H and O–H groups in total. The molecule has 0 spiro atoms. The van der Waals surface area contributed by atoms with E-state index in [1.54, 1.807) is 7.11 Å². The highest BCUT2D eigenvalue weighted by Crippen LogP contribution is 2.31. The summed E-state index contributed by atoms with van der Waals surface area (Å²) >= 11 is 0. The Morgan fingerprint density at radius 2 is 1.61 bits per heavy atom. The van der Waals surface area contributed by atoms with E-state index in [2.05, 4.69) is 62.6 Å². The number of urea groups is 1. The van der Waals surface area contributed by atoms with E-state index in [1.165, 1.54) is 0 Å². The minimum Gasteiger partial charge on any atom is -0.496 e. The lowest BCUT2D eigenvalue weighted by Crippen LogP contribution is -2.34. The van der Waals surface area contributed by atoms with Crippen LogP contribution in [-0.2, 0) is 0 Å². The topological polar surface area (TPSA) is 71.4 Å². The predicted molar refractivity (Wildman–Crippen MR) is 154 cm³/mol. The number of hydrogen-bond acceptors (Lipinski definition) is 4. The largest absolute Gasteiger partial charge is 0.496 e. The number of benzene rings is 4. The summed E-state index contributed by atoms with van der Waals surface area (Å²) in [5.74, 6) is 0.851. The molecule has 5 aromatic rings. The molecule has 0 fully saturated rings. The van der Waals surface area contributed by atoms with Crippen molar-refractivity contribution in [2.75, 3.05) is 39.6 Å². The van der Waals surface area contributed by atoms with Crippen LogP contribution < -0.4 is 15.4 Å². The smallest absolute Gasteiger partial charge is 0.319 e. The molecular weight excluding hydrogens is 474 g/mol. The van der Waals surface area contributed by atoms with Gasteiger partial charge in [0, 0.05) is 30.0 Å². The molecule has 38 heavy (non-hydrogen) atoms. The number of nitrogens with one attached hydrogen (secondary N) is 2. The van der Waals surface area contributed by atoms with Gasteiger partial charge >= 0.3 is 6.03 Å². The lowest BCUT2D eigenvalue weighted by molar-refractivity contribution is 0.250. The third-order valence-electron chi connectivity index (χ3n) is 6.43. The van der Waals surface area contributed by atoms with Crippen LogP contribution >= 0.6 is 0 Å². The van der Waals surface area contributed by atoms with Crippen molar-refractivity contribution < 1.29 is 9.53 Å². The second kappa shape index (κ2) is 11.2. The number of amides is 2. The van der Waals surface area contributed by atoms with Gasteiger partial charge in [-0.1, -0.05) is 48.5 Å². The zero-order chi connectivity index (χ0) is 26.5. The average molecular weight is 506 g/mol. The van der Waals surface area contributed by atoms with Gasteiger partial charge in [0.05, 0.1) is 18.1 Å². The number of hydrogen-bond donors (Lipinski definition) is 2. The first-order valence-corrected chi connectivity index (χ1v) is 12.5. The minimum atomic E-state index is -0.207. The highest BCUT2D eigenvalue weighted by Gasteiger charge is 2.10. The van der Waals surface area contributed by atoms with Gasteiger partial charge in [0.15, 0.2) is 0 Å². The lowest BCUT2D eigenvalue weighted by Gasteiger charge is -2.12. The van der Waals surface area contributed by atoms with Crippen LogP contribution in [0.25, 0.3) is 39.0 Å². The van der Waals surface area contributed by atoms with Crippen molar-refractivity contribution in [2.45, 2.75) is 0 Å². The SMILES string of the molecule is COc1ccccc1-c1ccc(-n2cnc3ccc(-c4ccc(NC(=O)NCCN(C)C)cc4)cc32)cc1. The summed E-state index contributed by atoms with van der Waals surface area (Å²) in [5.41, 5.74) is 8.02. The van der Waals surface area contributed by atoms with Gasteiger partial charge in [-0.25, -0.2) is 9.78 Å². The molecule has 5 rings (SSSR count). The summed E-state index contributed by atoms with van der Waals surface area (Å²) in [6, 6.07) is 30.3. The van der Waals surface area contributed by atoms with Crippen molar-refractivity contribution in [3.05, 3.63) is 97.3 Å². The molecule has 0 saturated heterocycles. The maximum absolute atomic E-state index is 12.1. The fourth-order valence-electron chi connectivity index (χ4n) is 4.39. The monoisotopic (exact) mass is 505 g/mol. The van der Waals surface area contributed by atoms with Gasteiger partial charge < -0.3 is 20.3 Å². The standard InChI is InChI=1S/C31H31N5O2/c1-35(2)19-18-32-31(37)34-25-13-8-22(9-14-25)24-12-17-28-29(20-24)36(21-33-28)26-15-10-23(11-16-26)27-6-4-5-7-30(27)38-3/h4-17,20-21H,18-19H2,1-3H3,(H2,32,34,37). The molecular formula is C31H31N5O2. The van der Waals surface area contributed by atoms with E-state index in [0.717, 1.165) is 57.0 Å². The van der Waals surface area contributed by atoms with Crippen LogP contribution in [0.3, 0.4) is 0 Å². The molecule has 0 radical (unpaired) electrons. The Balaban J connectivity index is 1.35. The second-order valence-corrected chi connectivity index (χ2v) is 9.33. The number of ether oxygens (including phenoxy) is 1. The van der Waals surface area contributed by atoms with E-state index in [-0.39, 0.29) is 6.03 Å². The first-order chi connectivity index (χ1) is 18.5. The number of imidazole rings is 1. The van der Waals surface area contributed by atoms with E-state index in [4.69, 9.17) is 4.74 Å². The normalized spacial score (nSPS) is 11.1. The van der Waals surface area contributed by atoms with Crippen LogP contribution in [0, 0.1) is 0 Å². The maximum atomic E-state index is 12.1. The van der Waals surface area contributed by atoms with Gasteiger partial charge in [0.1, 0.15) is 12.1 Å². The Kier molecular flexibility index (Phi) is 7.38. The summed E-state index contributed by atoms with van der Waals surface area (Å²) in [7, 11) is 5.64. The third kappa shape index (κ3) is 5.53.